The van der Waals surface area contributed by atoms with Gasteiger partial charge >= 0.3 is 0 Å². The second-order valence-electron chi connectivity index (χ2n) is 8.25. The molecule has 172 valence electrons. The van der Waals surface area contributed by atoms with E-state index in [9.17, 15) is 13.7 Å². The summed E-state index contributed by atoms with van der Waals surface area (Å²) < 4.78 is 34.5. The van der Waals surface area contributed by atoms with Gasteiger partial charge in [0.15, 0.2) is 15.7 Å². The fourth-order valence-corrected chi connectivity index (χ4v) is 4.14. The maximum atomic E-state index is 11.6. The van der Waals surface area contributed by atoms with Crippen LogP contribution in [0.15, 0.2) is 39.9 Å². The molecule has 10 nitrogen and oxygen atoms in total. The van der Waals surface area contributed by atoms with Crippen molar-refractivity contribution < 1.29 is 17.7 Å². The molecule has 4 rings (SSSR count). The van der Waals surface area contributed by atoms with Crippen LogP contribution in [-0.2, 0) is 9.84 Å². The van der Waals surface area contributed by atoms with Gasteiger partial charge in [0, 0.05) is 31.2 Å². The molecule has 2 aromatic heterocycles. The molecule has 3 aromatic rings. The monoisotopic (exact) mass is 468 g/mol. The average molecular weight is 469 g/mol. The quantitative estimate of drug-likeness (QED) is 0.529. The first kappa shape index (κ1) is 22.7. The molecule has 1 saturated heterocycles. The SMILES string of the molecule is CC(C)c1noc(C2CCN(c3ncc(C#N)c(Oc4ccc(S(C)(=O)=O)cc4)n3)CC2)n1. The van der Waals surface area contributed by atoms with Crippen LogP contribution in [0.4, 0.5) is 5.95 Å². The zero-order valence-electron chi connectivity index (χ0n) is 18.6. The molecule has 0 unspecified atom stereocenters. The van der Waals surface area contributed by atoms with E-state index in [2.05, 4.69) is 20.1 Å². The van der Waals surface area contributed by atoms with Crippen LogP contribution in [0.5, 0.6) is 11.6 Å². The van der Waals surface area contributed by atoms with Crippen LogP contribution < -0.4 is 9.64 Å². The van der Waals surface area contributed by atoms with Gasteiger partial charge in [-0.05, 0) is 37.1 Å². The summed E-state index contributed by atoms with van der Waals surface area (Å²) in [5.74, 6) is 2.74. The Balaban J connectivity index is 1.47. The van der Waals surface area contributed by atoms with Crippen molar-refractivity contribution >= 4 is 15.8 Å². The molecule has 33 heavy (non-hydrogen) atoms. The Hall–Kier alpha value is -3.52. The second kappa shape index (κ2) is 9.15. The van der Waals surface area contributed by atoms with Gasteiger partial charge in [-0.3, -0.25) is 0 Å². The second-order valence-corrected chi connectivity index (χ2v) is 10.3. The topological polar surface area (TPSA) is 135 Å². The summed E-state index contributed by atoms with van der Waals surface area (Å²) in [6.07, 6.45) is 4.19. The van der Waals surface area contributed by atoms with Gasteiger partial charge in [-0.1, -0.05) is 19.0 Å². The largest absolute Gasteiger partial charge is 0.438 e. The Kier molecular flexibility index (Phi) is 6.29. The number of ether oxygens (including phenoxy) is 1. The number of hydrogen-bond acceptors (Lipinski definition) is 10. The predicted molar refractivity (Wildman–Crippen MR) is 119 cm³/mol. The summed E-state index contributed by atoms with van der Waals surface area (Å²) >= 11 is 0. The van der Waals surface area contributed by atoms with Gasteiger partial charge in [-0.25, -0.2) is 13.4 Å². The van der Waals surface area contributed by atoms with Crippen molar-refractivity contribution in [3.63, 3.8) is 0 Å². The molecule has 0 spiro atoms. The highest BCUT2D eigenvalue weighted by molar-refractivity contribution is 7.90. The molecule has 11 heteroatoms. The molecule has 0 radical (unpaired) electrons. The highest BCUT2D eigenvalue weighted by atomic mass is 32.2. The minimum atomic E-state index is -3.31. The first-order valence-electron chi connectivity index (χ1n) is 10.6. The number of sulfone groups is 1. The molecule has 0 amide bonds. The van der Waals surface area contributed by atoms with Gasteiger partial charge in [0.2, 0.25) is 17.7 Å². The van der Waals surface area contributed by atoms with Crippen molar-refractivity contribution in [1.82, 2.24) is 20.1 Å². The van der Waals surface area contributed by atoms with Crippen molar-refractivity contribution in [3.8, 4) is 17.7 Å². The number of benzene rings is 1. The summed E-state index contributed by atoms with van der Waals surface area (Å²) in [5, 5.41) is 13.5. The maximum absolute atomic E-state index is 11.6. The summed E-state index contributed by atoms with van der Waals surface area (Å²) in [7, 11) is -3.31. The zero-order chi connectivity index (χ0) is 23.6. The van der Waals surface area contributed by atoms with Crippen LogP contribution >= 0.6 is 0 Å². The van der Waals surface area contributed by atoms with Crippen LogP contribution in [0, 0.1) is 11.3 Å². The van der Waals surface area contributed by atoms with E-state index in [-0.39, 0.29) is 28.2 Å². The summed E-state index contributed by atoms with van der Waals surface area (Å²) in [4.78, 5) is 15.5. The highest BCUT2D eigenvalue weighted by Gasteiger charge is 2.27. The van der Waals surface area contributed by atoms with Gasteiger partial charge < -0.3 is 14.2 Å². The van der Waals surface area contributed by atoms with Crippen molar-refractivity contribution in [2.45, 2.75) is 43.4 Å². The third-order valence-corrected chi connectivity index (χ3v) is 6.56. The lowest BCUT2D eigenvalue weighted by atomic mass is 9.97. The molecule has 1 fully saturated rings. The Morgan fingerprint density at radius 2 is 1.88 bits per heavy atom. The molecule has 1 aromatic carbocycles. The van der Waals surface area contributed by atoms with E-state index in [1.54, 1.807) is 0 Å². The number of anilines is 1. The summed E-state index contributed by atoms with van der Waals surface area (Å²) in [5.41, 5.74) is 0.188. The Morgan fingerprint density at radius 3 is 2.45 bits per heavy atom. The van der Waals surface area contributed by atoms with Gasteiger partial charge in [0.25, 0.3) is 0 Å². The van der Waals surface area contributed by atoms with E-state index in [4.69, 9.17) is 9.26 Å². The zero-order valence-corrected chi connectivity index (χ0v) is 19.4. The lowest BCUT2D eigenvalue weighted by molar-refractivity contribution is 0.325. The number of hydrogen-bond donors (Lipinski definition) is 0. The van der Waals surface area contributed by atoms with Gasteiger partial charge in [0.05, 0.1) is 11.1 Å². The number of nitriles is 1. The van der Waals surface area contributed by atoms with Crippen molar-refractivity contribution in [1.29, 1.82) is 5.26 Å². The highest BCUT2D eigenvalue weighted by Crippen LogP contribution is 2.31. The minimum absolute atomic E-state index is 0.121. The molecule has 3 heterocycles. The van der Waals surface area contributed by atoms with Crippen molar-refractivity contribution in [3.05, 3.63) is 47.7 Å². The average Bonchev–Trinajstić information content (AvgIpc) is 3.30. The number of nitrogens with zero attached hydrogens (tertiary/aromatic N) is 6. The normalized spacial score (nSPS) is 14.9. The minimum Gasteiger partial charge on any atom is -0.438 e. The molecule has 0 atom stereocenters. The number of aromatic nitrogens is 4. The van der Waals surface area contributed by atoms with E-state index in [1.165, 1.54) is 30.5 Å². The Bertz CT molecular complexity index is 1270. The van der Waals surface area contributed by atoms with Crippen molar-refractivity contribution in [2.24, 2.45) is 0 Å². The molecule has 0 bridgehead atoms. The fourth-order valence-electron chi connectivity index (χ4n) is 3.50. The summed E-state index contributed by atoms with van der Waals surface area (Å²) in [6, 6.07) is 7.99. The van der Waals surface area contributed by atoms with E-state index in [0.717, 1.165) is 19.1 Å². The van der Waals surface area contributed by atoms with Crippen molar-refractivity contribution in [2.75, 3.05) is 24.2 Å². The first-order chi connectivity index (χ1) is 15.7. The van der Waals surface area contributed by atoms with E-state index < -0.39 is 9.84 Å². The lowest BCUT2D eigenvalue weighted by Crippen LogP contribution is -2.34. The van der Waals surface area contributed by atoms with Crippen LogP contribution in [0.1, 0.15) is 55.8 Å². The Morgan fingerprint density at radius 1 is 1.18 bits per heavy atom. The van der Waals surface area contributed by atoms with Crippen LogP contribution in [-0.4, -0.2) is 47.9 Å². The van der Waals surface area contributed by atoms with Crippen LogP contribution in [0.25, 0.3) is 0 Å². The third kappa shape index (κ3) is 5.12. The maximum Gasteiger partial charge on any atom is 0.242 e. The number of piperidine rings is 1. The van der Waals surface area contributed by atoms with Gasteiger partial charge in [-0.15, -0.1) is 0 Å². The third-order valence-electron chi connectivity index (χ3n) is 5.43. The van der Waals surface area contributed by atoms with E-state index in [1.807, 2.05) is 24.8 Å². The molecule has 1 aliphatic rings. The van der Waals surface area contributed by atoms with Crippen LogP contribution in [0.2, 0.25) is 0 Å². The van der Waals surface area contributed by atoms with Gasteiger partial charge in [-0.2, -0.15) is 15.2 Å². The molecule has 0 aliphatic carbocycles. The Labute approximate surface area is 192 Å². The molecule has 0 N–H and O–H groups in total. The van der Waals surface area contributed by atoms with Crippen LogP contribution in [0.3, 0.4) is 0 Å². The number of rotatable bonds is 6. The standard InChI is InChI=1S/C22H24N6O4S/c1-14(2)19-25-21(32-27-19)15-8-10-28(11-9-15)22-24-13-16(12-23)20(26-22)31-17-4-6-18(7-5-17)33(3,29)30/h4-7,13-15H,8-11H2,1-3H3. The summed E-state index contributed by atoms with van der Waals surface area (Å²) in [6.45, 7) is 5.44. The lowest BCUT2D eigenvalue weighted by Gasteiger charge is -2.30. The molecular weight excluding hydrogens is 444 g/mol. The first-order valence-corrected chi connectivity index (χ1v) is 12.5. The van der Waals surface area contributed by atoms with Gasteiger partial charge in [0.1, 0.15) is 17.4 Å². The molecule has 1 aliphatic heterocycles. The fraction of sp³-hybridized carbons (Fsp3) is 0.409. The van der Waals surface area contributed by atoms with E-state index >= 15 is 0 Å². The molecular formula is C22H24N6O4S. The van der Waals surface area contributed by atoms with E-state index in [0.29, 0.717) is 36.5 Å². The predicted octanol–water partition coefficient (Wildman–Crippen LogP) is 3.43. The smallest absolute Gasteiger partial charge is 0.242 e. The molecule has 0 saturated carbocycles.